The van der Waals surface area contributed by atoms with Gasteiger partial charge in [-0.25, -0.2) is 9.37 Å². The van der Waals surface area contributed by atoms with E-state index in [2.05, 4.69) is 17.1 Å². The zero-order valence-electron chi connectivity index (χ0n) is 16.4. The van der Waals surface area contributed by atoms with Gasteiger partial charge >= 0.3 is 0 Å². The lowest BCUT2D eigenvalue weighted by Gasteiger charge is -2.33. The molecule has 0 N–H and O–H groups in total. The molecule has 1 fully saturated rings. The predicted molar refractivity (Wildman–Crippen MR) is 105 cm³/mol. The topological polar surface area (TPSA) is 59.2 Å². The number of amides is 1. The molecule has 6 heteroatoms. The number of pyridine rings is 1. The molecular formula is C22H24FN3O2. The summed E-state index contributed by atoms with van der Waals surface area (Å²) in [4.78, 5) is 19.6. The van der Waals surface area contributed by atoms with Crippen LogP contribution in [0.3, 0.4) is 0 Å². The molecule has 4 rings (SSSR count). The first-order valence-electron chi connectivity index (χ1n) is 9.74. The molecule has 28 heavy (non-hydrogen) atoms. The quantitative estimate of drug-likeness (QED) is 0.641. The molecule has 2 heterocycles. The van der Waals surface area contributed by atoms with Gasteiger partial charge in [0.15, 0.2) is 0 Å². The second-order valence-electron chi connectivity index (χ2n) is 7.81. The van der Waals surface area contributed by atoms with E-state index in [0.717, 1.165) is 25.7 Å². The Bertz CT molecular complexity index is 1020. The zero-order chi connectivity index (χ0) is 19.8. The van der Waals surface area contributed by atoms with Crippen molar-refractivity contribution in [3.8, 4) is 11.3 Å². The van der Waals surface area contributed by atoms with Gasteiger partial charge < -0.3 is 9.42 Å². The Morgan fingerprint density at radius 2 is 1.93 bits per heavy atom. The normalized spacial score (nSPS) is 19.7. The maximum absolute atomic E-state index is 14.3. The van der Waals surface area contributed by atoms with Crippen LogP contribution in [0.5, 0.6) is 0 Å². The van der Waals surface area contributed by atoms with Gasteiger partial charge in [0.25, 0.3) is 11.6 Å². The number of fused-ring (bicyclic) bond motifs is 1. The van der Waals surface area contributed by atoms with E-state index in [-0.39, 0.29) is 17.7 Å². The number of hydrogen-bond acceptors (Lipinski definition) is 4. The maximum Gasteiger partial charge on any atom is 0.259 e. The lowest BCUT2D eigenvalue weighted by atomic mass is 9.86. The third-order valence-corrected chi connectivity index (χ3v) is 5.85. The number of aryl methyl sites for hydroxylation is 1. The molecule has 0 spiro atoms. The van der Waals surface area contributed by atoms with Crippen molar-refractivity contribution in [3.05, 3.63) is 47.4 Å². The highest BCUT2D eigenvalue weighted by molar-refractivity contribution is 6.07. The number of carbonyl (C=O) groups is 1. The van der Waals surface area contributed by atoms with E-state index in [4.69, 9.17) is 4.52 Å². The minimum absolute atomic E-state index is 0.101. The van der Waals surface area contributed by atoms with Gasteiger partial charge in [-0.15, -0.1) is 0 Å². The van der Waals surface area contributed by atoms with E-state index in [9.17, 15) is 9.18 Å². The number of hydrogen-bond donors (Lipinski definition) is 0. The highest BCUT2D eigenvalue weighted by atomic mass is 19.1. The SMILES string of the molecule is Cc1noc2nc(-c3ccccc3F)cc(C(=O)N(C)C3CCC(C)CC3)c12. The molecule has 0 bridgehead atoms. The summed E-state index contributed by atoms with van der Waals surface area (Å²) in [5.74, 6) is 0.217. The molecular weight excluding hydrogens is 357 g/mol. The van der Waals surface area contributed by atoms with Gasteiger partial charge in [0.05, 0.1) is 22.3 Å². The second kappa shape index (κ2) is 7.34. The molecule has 146 valence electrons. The lowest BCUT2D eigenvalue weighted by molar-refractivity contribution is 0.0681. The van der Waals surface area contributed by atoms with Crippen molar-refractivity contribution in [1.82, 2.24) is 15.0 Å². The third kappa shape index (κ3) is 3.28. The van der Waals surface area contributed by atoms with Crippen molar-refractivity contribution in [2.24, 2.45) is 5.92 Å². The molecule has 0 atom stereocenters. The Labute approximate surface area is 163 Å². The van der Waals surface area contributed by atoms with Crippen molar-refractivity contribution < 1.29 is 13.7 Å². The van der Waals surface area contributed by atoms with E-state index in [0.29, 0.717) is 33.8 Å². The van der Waals surface area contributed by atoms with E-state index >= 15 is 0 Å². The van der Waals surface area contributed by atoms with Crippen molar-refractivity contribution in [3.63, 3.8) is 0 Å². The van der Waals surface area contributed by atoms with Crippen molar-refractivity contribution >= 4 is 17.0 Å². The van der Waals surface area contributed by atoms with Crippen LogP contribution in [0.15, 0.2) is 34.9 Å². The summed E-state index contributed by atoms with van der Waals surface area (Å²) in [6.45, 7) is 4.04. The summed E-state index contributed by atoms with van der Waals surface area (Å²) >= 11 is 0. The van der Waals surface area contributed by atoms with E-state index in [1.807, 2.05) is 11.9 Å². The minimum atomic E-state index is -0.390. The summed E-state index contributed by atoms with van der Waals surface area (Å²) in [5.41, 5.74) is 2.03. The van der Waals surface area contributed by atoms with Crippen LogP contribution >= 0.6 is 0 Å². The number of halogens is 1. The van der Waals surface area contributed by atoms with Crippen LogP contribution in [-0.4, -0.2) is 34.0 Å². The van der Waals surface area contributed by atoms with Gasteiger partial charge in [-0.05, 0) is 56.7 Å². The summed E-state index contributed by atoms with van der Waals surface area (Å²) < 4.78 is 19.6. The van der Waals surface area contributed by atoms with Crippen LogP contribution in [-0.2, 0) is 0 Å². The fourth-order valence-corrected chi connectivity index (χ4v) is 4.06. The third-order valence-electron chi connectivity index (χ3n) is 5.85. The van der Waals surface area contributed by atoms with Gasteiger partial charge in [0.1, 0.15) is 5.82 Å². The van der Waals surface area contributed by atoms with Gasteiger partial charge in [0, 0.05) is 18.7 Å². The second-order valence-corrected chi connectivity index (χ2v) is 7.81. The van der Waals surface area contributed by atoms with Gasteiger partial charge in [0.2, 0.25) is 0 Å². The Morgan fingerprint density at radius 3 is 2.64 bits per heavy atom. The summed E-state index contributed by atoms with van der Waals surface area (Å²) in [5, 5.41) is 4.57. The van der Waals surface area contributed by atoms with Crippen molar-refractivity contribution in [2.45, 2.75) is 45.6 Å². The van der Waals surface area contributed by atoms with E-state index in [1.54, 1.807) is 31.2 Å². The molecule has 1 aliphatic carbocycles. The molecule has 0 unspecified atom stereocenters. The lowest BCUT2D eigenvalue weighted by Crippen LogP contribution is -2.39. The van der Waals surface area contributed by atoms with Crippen LogP contribution in [0.1, 0.15) is 48.7 Å². The Kier molecular flexibility index (Phi) is 4.87. The van der Waals surface area contributed by atoms with Crippen molar-refractivity contribution in [1.29, 1.82) is 0 Å². The highest BCUT2D eigenvalue weighted by Crippen LogP contribution is 2.31. The summed E-state index contributed by atoms with van der Waals surface area (Å²) in [7, 11) is 1.85. The van der Waals surface area contributed by atoms with Gasteiger partial charge in [-0.2, -0.15) is 0 Å². The predicted octanol–water partition coefficient (Wildman–Crippen LogP) is 4.99. The first-order valence-corrected chi connectivity index (χ1v) is 9.74. The smallest absolute Gasteiger partial charge is 0.259 e. The molecule has 0 radical (unpaired) electrons. The fourth-order valence-electron chi connectivity index (χ4n) is 4.06. The minimum Gasteiger partial charge on any atom is -0.339 e. The first-order chi connectivity index (χ1) is 13.5. The molecule has 0 saturated heterocycles. The van der Waals surface area contributed by atoms with E-state index in [1.165, 1.54) is 6.07 Å². The monoisotopic (exact) mass is 381 g/mol. The van der Waals surface area contributed by atoms with E-state index < -0.39 is 5.82 Å². The molecule has 1 amide bonds. The van der Waals surface area contributed by atoms with Crippen LogP contribution in [0.2, 0.25) is 0 Å². The number of aromatic nitrogens is 2. The maximum atomic E-state index is 14.3. The first kappa shape index (κ1) is 18.6. The Morgan fingerprint density at radius 1 is 1.21 bits per heavy atom. The molecule has 5 nitrogen and oxygen atoms in total. The molecule has 0 aliphatic heterocycles. The highest BCUT2D eigenvalue weighted by Gasteiger charge is 2.28. The van der Waals surface area contributed by atoms with Crippen LogP contribution in [0.4, 0.5) is 4.39 Å². The Hall–Kier alpha value is -2.76. The van der Waals surface area contributed by atoms with Crippen LogP contribution < -0.4 is 0 Å². The number of nitrogens with zero attached hydrogens (tertiary/aromatic N) is 3. The summed E-state index contributed by atoms with van der Waals surface area (Å²) in [6.07, 6.45) is 4.25. The number of carbonyl (C=O) groups excluding carboxylic acids is 1. The molecule has 1 saturated carbocycles. The van der Waals surface area contributed by atoms with Gasteiger partial charge in [-0.1, -0.05) is 24.2 Å². The zero-order valence-corrected chi connectivity index (χ0v) is 16.4. The summed E-state index contributed by atoms with van der Waals surface area (Å²) in [6, 6.07) is 8.27. The average Bonchev–Trinajstić information content (AvgIpc) is 3.08. The van der Waals surface area contributed by atoms with Gasteiger partial charge in [-0.3, -0.25) is 4.79 Å². The van der Waals surface area contributed by atoms with Crippen LogP contribution in [0, 0.1) is 18.7 Å². The Balaban J connectivity index is 1.78. The number of benzene rings is 1. The average molecular weight is 381 g/mol. The molecule has 1 aromatic carbocycles. The van der Waals surface area contributed by atoms with Crippen molar-refractivity contribution in [2.75, 3.05) is 7.05 Å². The molecule has 1 aliphatic rings. The largest absolute Gasteiger partial charge is 0.339 e. The standard InChI is InChI=1S/C22H24FN3O2/c1-13-8-10-15(11-9-13)26(3)22(27)17-12-19(16-6-4-5-7-18(16)23)24-21-20(17)14(2)25-28-21/h4-7,12-13,15H,8-11H2,1-3H3. The molecule has 2 aromatic heterocycles. The fraction of sp³-hybridized carbons (Fsp3) is 0.409. The van der Waals surface area contributed by atoms with Crippen LogP contribution in [0.25, 0.3) is 22.4 Å². The number of rotatable bonds is 3. The molecule has 3 aromatic rings.